The highest BCUT2D eigenvalue weighted by molar-refractivity contribution is 7.12. The van der Waals surface area contributed by atoms with Crippen molar-refractivity contribution in [2.24, 2.45) is 5.73 Å². The van der Waals surface area contributed by atoms with Crippen LogP contribution in [0.1, 0.15) is 9.67 Å². The SMILES string of the molecule is NC(=O)c1cc(-c2cnc(Nc3cnc(N4CCOCC4)nc3)c3ncnn23)cs1. The summed E-state index contributed by atoms with van der Waals surface area (Å²) in [7, 11) is 0. The molecule has 5 rings (SSSR count). The van der Waals surface area contributed by atoms with Crippen LogP contribution in [0.3, 0.4) is 0 Å². The first kappa shape index (κ1) is 18.4. The van der Waals surface area contributed by atoms with Crippen molar-refractivity contribution in [2.75, 3.05) is 36.5 Å². The smallest absolute Gasteiger partial charge is 0.258 e. The van der Waals surface area contributed by atoms with Gasteiger partial charge in [-0.05, 0) is 6.07 Å². The number of morpholine rings is 1. The number of thiophene rings is 1. The van der Waals surface area contributed by atoms with Crippen LogP contribution >= 0.6 is 11.3 Å². The Bertz CT molecular complexity index is 1200. The Hall–Kier alpha value is -3.64. The molecule has 0 aromatic carbocycles. The lowest BCUT2D eigenvalue weighted by Crippen LogP contribution is -2.37. The highest BCUT2D eigenvalue weighted by Crippen LogP contribution is 2.27. The molecule has 0 bridgehead atoms. The minimum absolute atomic E-state index is 0.465. The maximum absolute atomic E-state index is 11.4. The number of nitrogens with two attached hydrogens (primary N) is 1. The number of hydrogen-bond acceptors (Lipinski definition) is 10. The zero-order chi connectivity index (χ0) is 20.5. The van der Waals surface area contributed by atoms with Crippen LogP contribution in [0.5, 0.6) is 0 Å². The molecule has 4 aromatic rings. The first-order valence-corrected chi connectivity index (χ1v) is 10.1. The minimum atomic E-state index is -0.465. The van der Waals surface area contributed by atoms with E-state index in [0.717, 1.165) is 18.7 Å². The number of nitrogens with zero attached hydrogens (tertiary/aromatic N) is 7. The lowest BCUT2D eigenvalue weighted by molar-refractivity contribution is 0.100. The molecule has 5 heterocycles. The van der Waals surface area contributed by atoms with Gasteiger partial charge in [-0.25, -0.2) is 24.5 Å². The van der Waals surface area contributed by atoms with E-state index >= 15 is 0 Å². The molecule has 1 saturated heterocycles. The number of nitrogens with one attached hydrogen (secondary N) is 1. The molecule has 3 N–H and O–H groups in total. The van der Waals surface area contributed by atoms with Crippen molar-refractivity contribution in [1.82, 2.24) is 29.5 Å². The van der Waals surface area contributed by atoms with Crippen molar-refractivity contribution in [3.63, 3.8) is 0 Å². The quantitative estimate of drug-likeness (QED) is 0.487. The van der Waals surface area contributed by atoms with Gasteiger partial charge in [0.25, 0.3) is 5.91 Å². The van der Waals surface area contributed by atoms with Gasteiger partial charge in [-0.2, -0.15) is 5.10 Å². The average Bonchev–Trinajstić information content (AvgIpc) is 3.46. The molecule has 152 valence electrons. The highest BCUT2D eigenvalue weighted by Gasteiger charge is 2.16. The first-order chi connectivity index (χ1) is 14.7. The van der Waals surface area contributed by atoms with E-state index in [-0.39, 0.29) is 0 Å². The van der Waals surface area contributed by atoms with E-state index in [1.54, 1.807) is 29.2 Å². The lowest BCUT2D eigenvalue weighted by Gasteiger charge is -2.26. The van der Waals surface area contributed by atoms with Gasteiger partial charge in [0.2, 0.25) is 5.95 Å². The first-order valence-electron chi connectivity index (χ1n) is 9.18. The number of primary amides is 1. The summed E-state index contributed by atoms with van der Waals surface area (Å²) in [6.07, 6.45) is 6.53. The van der Waals surface area contributed by atoms with Gasteiger partial charge in [-0.1, -0.05) is 0 Å². The molecule has 0 aliphatic carbocycles. The molecular weight excluding hydrogens is 406 g/mol. The molecule has 1 aliphatic heterocycles. The third kappa shape index (κ3) is 3.42. The summed E-state index contributed by atoms with van der Waals surface area (Å²) in [5.74, 6) is 0.722. The summed E-state index contributed by atoms with van der Waals surface area (Å²) >= 11 is 1.28. The van der Waals surface area contributed by atoms with Crippen LogP contribution < -0.4 is 16.0 Å². The Morgan fingerprint density at radius 3 is 2.67 bits per heavy atom. The molecule has 0 spiro atoms. The number of carbonyl (C=O) groups excluding carboxylic acids is 1. The van der Waals surface area contributed by atoms with Crippen molar-refractivity contribution >= 4 is 40.3 Å². The van der Waals surface area contributed by atoms with Gasteiger partial charge in [-0.3, -0.25) is 4.79 Å². The normalized spacial score (nSPS) is 14.2. The second kappa shape index (κ2) is 7.65. The summed E-state index contributed by atoms with van der Waals surface area (Å²) in [6.45, 7) is 2.90. The van der Waals surface area contributed by atoms with Gasteiger partial charge in [0.05, 0.1) is 48.1 Å². The van der Waals surface area contributed by atoms with E-state index in [1.165, 1.54) is 17.7 Å². The molecule has 0 unspecified atom stereocenters. The van der Waals surface area contributed by atoms with Crippen molar-refractivity contribution in [3.05, 3.63) is 41.2 Å². The number of anilines is 3. The zero-order valence-electron chi connectivity index (χ0n) is 15.7. The Kier molecular flexibility index (Phi) is 4.69. The molecule has 12 heteroatoms. The largest absolute Gasteiger partial charge is 0.378 e. The Labute approximate surface area is 174 Å². The van der Waals surface area contributed by atoms with Crippen LogP contribution in [0.2, 0.25) is 0 Å². The van der Waals surface area contributed by atoms with Crippen molar-refractivity contribution in [3.8, 4) is 11.3 Å². The van der Waals surface area contributed by atoms with Crippen molar-refractivity contribution < 1.29 is 9.53 Å². The summed E-state index contributed by atoms with van der Waals surface area (Å²) in [5, 5.41) is 9.32. The van der Waals surface area contributed by atoms with Crippen LogP contribution in [-0.2, 0) is 4.74 Å². The zero-order valence-corrected chi connectivity index (χ0v) is 16.5. The summed E-state index contributed by atoms with van der Waals surface area (Å²) in [4.78, 5) is 31.6. The highest BCUT2D eigenvalue weighted by atomic mass is 32.1. The number of carbonyl (C=O) groups is 1. The standard InChI is InChI=1S/C18H17N9O2S/c19-15(28)14-5-11(9-30-14)13-8-20-16(17-23-10-24-27(13)17)25-12-6-21-18(22-7-12)26-1-3-29-4-2-26/h5-10H,1-4H2,(H2,19,28)(H,20,25). The average molecular weight is 423 g/mol. The van der Waals surface area contributed by atoms with E-state index in [4.69, 9.17) is 10.5 Å². The molecular formula is C18H17N9O2S. The van der Waals surface area contributed by atoms with E-state index in [1.807, 2.05) is 5.38 Å². The maximum Gasteiger partial charge on any atom is 0.258 e. The lowest BCUT2D eigenvalue weighted by atomic mass is 10.2. The molecule has 1 fully saturated rings. The van der Waals surface area contributed by atoms with Crippen LogP contribution in [0.15, 0.2) is 36.4 Å². The van der Waals surface area contributed by atoms with Crippen LogP contribution in [0.4, 0.5) is 17.5 Å². The van der Waals surface area contributed by atoms with E-state index < -0.39 is 5.91 Å². The monoisotopic (exact) mass is 423 g/mol. The Balaban J connectivity index is 1.41. The molecule has 1 amide bonds. The second-order valence-electron chi connectivity index (χ2n) is 6.55. The number of amides is 1. The number of fused-ring (bicyclic) bond motifs is 1. The Morgan fingerprint density at radius 2 is 1.93 bits per heavy atom. The molecule has 4 aromatic heterocycles. The molecule has 1 aliphatic rings. The van der Waals surface area contributed by atoms with Crippen LogP contribution in [-0.4, -0.2) is 61.8 Å². The minimum Gasteiger partial charge on any atom is -0.378 e. The van der Waals surface area contributed by atoms with Gasteiger partial charge >= 0.3 is 0 Å². The van der Waals surface area contributed by atoms with Crippen molar-refractivity contribution in [2.45, 2.75) is 0 Å². The second-order valence-corrected chi connectivity index (χ2v) is 7.46. The number of hydrogen-bond donors (Lipinski definition) is 2. The fourth-order valence-electron chi connectivity index (χ4n) is 3.15. The molecule has 0 atom stereocenters. The maximum atomic E-state index is 11.4. The van der Waals surface area contributed by atoms with Gasteiger partial charge in [0.1, 0.15) is 6.33 Å². The molecule has 0 radical (unpaired) electrons. The predicted octanol–water partition coefficient (Wildman–Crippen LogP) is 1.32. The molecule has 11 nitrogen and oxygen atoms in total. The van der Waals surface area contributed by atoms with Gasteiger partial charge in [0.15, 0.2) is 11.5 Å². The summed E-state index contributed by atoms with van der Waals surface area (Å²) in [6, 6.07) is 1.72. The number of rotatable bonds is 5. The predicted molar refractivity (Wildman–Crippen MR) is 111 cm³/mol. The summed E-state index contributed by atoms with van der Waals surface area (Å²) in [5.41, 5.74) is 8.08. The van der Waals surface area contributed by atoms with Gasteiger partial charge in [-0.15, -0.1) is 11.3 Å². The summed E-state index contributed by atoms with van der Waals surface area (Å²) < 4.78 is 7.01. The van der Waals surface area contributed by atoms with Crippen molar-refractivity contribution in [1.29, 1.82) is 0 Å². The van der Waals surface area contributed by atoms with E-state index in [0.29, 0.717) is 46.9 Å². The fourth-order valence-corrected chi connectivity index (χ4v) is 3.91. The van der Waals surface area contributed by atoms with Gasteiger partial charge in [0, 0.05) is 24.0 Å². The number of aromatic nitrogens is 6. The van der Waals surface area contributed by atoms with Crippen LogP contribution in [0.25, 0.3) is 16.9 Å². The fraction of sp³-hybridized carbons (Fsp3) is 0.222. The topological polar surface area (TPSA) is 136 Å². The Morgan fingerprint density at radius 1 is 1.13 bits per heavy atom. The van der Waals surface area contributed by atoms with E-state index in [2.05, 4.69) is 35.3 Å². The van der Waals surface area contributed by atoms with Gasteiger partial charge < -0.3 is 20.7 Å². The number of ether oxygens (including phenoxy) is 1. The third-order valence-corrected chi connectivity index (χ3v) is 5.58. The molecule has 0 saturated carbocycles. The van der Waals surface area contributed by atoms with Crippen LogP contribution in [0, 0.1) is 0 Å². The third-order valence-electron chi connectivity index (χ3n) is 4.64. The van der Waals surface area contributed by atoms with E-state index in [9.17, 15) is 4.79 Å². The molecule has 30 heavy (non-hydrogen) atoms.